The van der Waals surface area contributed by atoms with E-state index in [1.54, 1.807) is 29.5 Å². The number of nitrogens with zero attached hydrogens (tertiary/aromatic N) is 1. The first-order valence-corrected chi connectivity index (χ1v) is 7.00. The third kappa shape index (κ3) is 3.05. The molecule has 0 bridgehead atoms. The molecule has 2 N–H and O–H groups in total. The summed E-state index contributed by atoms with van der Waals surface area (Å²) in [5.41, 5.74) is 4.46. The first-order valence-electron chi connectivity index (χ1n) is 6.19. The van der Waals surface area contributed by atoms with Gasteiger partial charge in [-0.05, 0) is 39.0 Å². The summed E-state index contributed by atoms with van der Waals surface area (Å²) in [5, 5.41) is 13.7. The monoisotopic (exact) mass is 288 g/mol. The molecule has 4 nitrogen and oxygen atoms in total. The fourth-order valence-electron chi connectivity index (χ4n) is 1.91. The number of nitrogens with one attached hydrogen (secondary N) is 1. The zero-order chi connectivity index (χ0) is 14.7. The number of aryl methyl sites for hydroxylation is 2. The van der Waals surface area contributed by atoms with E-state index in [0.29, 0.717) is 0 Å². The second kappa shape index (κ2) is 5.88. The minimum Gasteiger partial charge on any atom is -0.507 e. The van der Waals surface area contributed by atoms with Crippen LogP contribution in [0.1, 0.15) is 32.6 Å². The molecule has 1 heterocycles. The van der Waals surface area contributed by atoms with Gasteiger partial charge in [0.1, 0.15) is 5.75 Å². The van der Waals surface area contributed by atoms with Crippen molar-refractivity contribution in [3.8, 4) is 5.75 Å². The number of thiophene rings is 1. The number of phenols is 1. The number of hydrogen-bond acceptors (Lipinski definition) is 4. The van der Waals surface area contributed by atoms with Gasteiger partial charge >= 0.3 is 0 Å². The smallest absolute Gasteiger partial charge is 0.275 e. The predicted molar refractivity (Wildman–Crippen MR) is 81.6 cm³/mol. The highest BCUT2D eigenvalue weighted by Gasteiger charge is 2.10. The van der Waals surface area contributed by atoms with Crippen LogP contribution in [0.4, 0.5) is 0 Å². The molecule has 0 atom stereocenters. The minimum atomic E-state index is -0.424. The molecule has 2 aromatic rings. The molecule has 1 amide bonds. The summed E-state index contributed by atoms with van der Waals surface area (Å²) in [7, 11) is 0. The summed E-state index contributed by atoms with van der Waals surface area (Å²) in [4.78, 5) is 14.3. The van der Waals surface area contributed by atoms with Crippen LogP contribution in [0.2, 0.25) is 0 Å². The van der Waals surface area contributed by atoms with Crippen LogP contribution < -0.4 is 5.43 Å². The second-order valence-corrected chi connectivity index (χ2v) is 5.94. The third-order valence-electron chi connectivity index (χ3n) is 2.90. The van der Waals surface area contributed by atoms with Gasteiger partial charge in [0, 0.05) is 15.3 Å². The largest absolute Gasteiger partial charge is 0.507 e. The summed E-state index contributed by atoms with van der Waals surface area (Å²) in [6.45, 7) is 5.91. The van der Waals surface area contributed by atoms with Gasteiger partial charge in [-0.3, -0.25) is 4.79 Å². The lowest BCUT2D eigenvalue weighted by Gasteiger charge is -2.04. The molecule has 0 fully saturated rings. The molecule has 20 heavy (non-hydrogen) atoms. The first kappa shape index (κ1) is 14.3. The molecule has 1 aromatic heterocycles. The van der Waals surface area contributed by atoms with Crippen molar-refractivity contribution in [3.63, 3.8) is 0 Å². The van der Waals surface area contributed by atoms with Crippen LogP contribution in [-0.2, 0) is 0 Å². The average molecular weight is 288 g/mol. The Morgan fingerprint density at radius 2 is 1.95 bits per heavy atom. The van der Waals surface area contributed by atoms with E-state index in [4.69, 9.17) is 0 Å². The van der Waals surface area contributed by atoms with Crippen LogP contribution in [0.25, 0.3) is 0 Å². The number of rotatable bonds is 3. The summed E-state index contributed by atoms with van der Waals surface area (Å²) in [6.07, 6.45) is 0. The van der Waals surface area contributed by atoms with Gasteiger partial charge < -0.3 is 5.11 Å². The Hall–Kier alpha value is -2.14. The van der Waals surface area contributed by atoms with E-state index < -0.39 is 5.91 Å². The van der Waals surface area contributed by atoms with Crippen LogP contribution in [0, 0.1) is 13.8 Å². The number of benzene rings is 1. The average Bonchev–Trinajstić information content (AvgIpc) is 2.75. The molecule has 5 heteroatoms. The van der Waals surface area contributed by atoms with Crippen molar-refractivity contribution in [2.45, 2.75) is 20.8 Å². The van der Waals surface area contributed by atoms with Gasteiger partial charge in [-0.2, -0.15) is 5.10 Å². The quantitative estimate of drug-likeness (QED) is 0.673. The van der Waals surface area contributed by atoms with Crippen LogP contribution >= 0.6 is 11.3 Å². The fraction of sp³-hybridized carbons (Fsp3) is 0.200. The lowest BCUT2D eigenvalue weighted by Crippen LogP contribution is -2.19. The third-order valence-corrected chi connectivity index (χ3v) is 3.87. The molecule has 0 saturated heterocycles. The van der Waals surface area contributed by atoms with E-state index in [0.717, 1.165) is 11.3 Å². The zero-order valence-corrected chi connectivity index (χ0v) is 12.4. The van der Waals surface area contributed by atoms with Crippen molar-refractivity contribution in [2.75, 3.05) is 0 Å². The van der Waals surface area contributed by atoms with Crippen molar-refractivity contribution < 1.29 is 9.90 Å². The van der Waals surface area contributed by atoms with E-state index in [1.807, 2.05) is 26.8 Å². The van der Waals surface area contributed by atoms with Crippen LogP contribution in [0.3, 0.4) is 0 Å². The molecule has 0 aliphatic heterocycles. The summed E-state index contributed by atoms with van der Waals surface area (Å²) >= 11 is 1.70. The van der Waals surface area contributed by atoms with Gasteiger partial charge in [0.2, 0.25) is 0 Å². The molecule has 104 valence electrons. The van der Waals surface area contributed by atoms with Gasteiger partial charge in [0.05, 0.1) is 11.3 Å². The number of amides is 1. The molecule has 0 spiro atoms. The molecule has 1 aromatic carbocycles. The Morgan fingerprint density at radius 1 is 1.25 bits per heavy atom. The van der Waals surface area contributed by atoms with Crippen LogP contribution in [0.15, 0.2) is 35.4 Å². The number of hydrazone groups is 1. The van der Waals surface area contributed by atoms with Gasteiger partial charge in [-0.1, -0.05) is 12.1 Å². The normalized spacial score (nSPS) is 11.4. The van der Waals surface area contributed by atoms with Crippen LogP contribution in [0.5, 0.6) is 5.75 Å². The van der Waals surface area contributed by atoms with E-state index in [-0.39, 0.29) is 11.3 Å². The lowest BCUT2D eigenvalue weighted by atomic mass is 10.2. The highest BCUT2D eigenvalue weighted by atomic mass is 32.1. The maximum atomic E-state index is 11.9. The second-order valence-electron chi connectivity index (χ2n) is 4.48. The maximum absolute atomic E-state index is 11.9. The zero-order valence-electron chi connectivity index (χ0n) is 11.6. The SMILES string of the molecule is C/C(=N/NC(=O)c1ccccc1O)c1cc(C)sc1C. The molecular weight excluding hydrogens is 272 g/mol. The number of carbonyl (C=O) groups excluding carboxylic acids is 1. The lowest BCUT2D eigenvalue weighted by molar-refractivity contribution is 0.0952. The van der Waals surface area contributed by atoms with E-state index in [9.17, 15) is 9.90 Å². The fourth-order valence-corrected chi connectivity index (χ4v) is 2.89. The Labute approximate surface area is 121 Å². The summed E-state index contributed by atoms with van der Waals surface area (Å²) in [6, 6.07) is 8.42. The topological polar surface area (TPSA) is 61.7 Å². The Balaban J connectivity index is 2.15. The van der Waals surface area contributed by atoms with Crippen molar-refractivity contribution in [1.82, 2.24) is 5.43 Å². The highest BCUT2D eigenvalue weighted by molar-refractivity contribution is 7.12. The van der Waals surface area contributed by atoms with Crippen LogP contribution in [-0.4, -0.2) is 16.7 Å². The number of aromatic hydroxyl groups is 1. The molecule has 0 aliphatic rings. The molecule has 0 unspecified atom stereocenters. The maximum Gasteiger partial charge on any atom is 0.275 e. The Kier molecular flexibility index (Phi) is 4.20. The van der Waals surface area contributed by atoms with Crippen molar-refractivity contribution in [1.29, 1.82) is 0 Å². The molecule has 0 aliphatic carbocycles. The number of hydrogen-bond donors (Lipinski definition) is 2. The molecule has 0 saturated carbocycles. The van der Waals surface area contributed by atoms with Crippen molar-refractivity contribution in [2.24, 2.45) is 5.10 Å². The Morgan fingerprint density at radius 3 is 2.55 bits per heavy atom. The van der Waals surface area contributed by atoms with E-state index in [1.165, 1.54) is 15.8 Å². The van der Waals surface area contributed by atoms with Gasteiger partial charge in [-0.25, -0.2) is 5.43 Å². The predicted octanol–water partition coefficient (Wildman–Crippen LogP) is 3.22. The number of phenolic OH excluding ortho intramolecular Hbond substituents is 1. The number of para-hydroxylation sites is 1. The van der Waals surface area contributed by atoms with E-state index in [2.05, 4.69) is 10.5 Å². The molecular formula is C15H16N2O2S. The van der Waals surface area contributed by atoms with E-state index >= 15 is 0 Å². The molecule has 2 rings (SSSR count). The van der Waals surface area contributed by atoms with Gasteiger partial charge in [-0.15, -0.1) is 11.3 Å². The first-order chi connectivity index (χ1) is 9.49. The summed E-state index contributed by atoms with van der Waals surface area (Å²) in [5.74, 6) is -0.479. The van der Waals surface area contributed by atoms with Gasteiger partial charge in [0.25, 0.3) is 5.91 Å². The summed E-state index contributed by atoms with van der Waals surface area (Å²) < 4.78 is 0. The van der Waals surface area contributed by atoms with Crippen molar-refractivity contribution >= 4 is 23.0 Å². The number of carbonyl (C=O) groups is 1. The Bertz CT molecular complexity index is 674. The van der Waals surface area contributed by atoms with Crippen molar-refractivity contribution in [3.05, 3.63) is 51.2 Å². The van der Waals surface area contributed by atoms with Gasteiger partial charge in [0.15, 0.2) is 0 Å². The highest BCUT2D eigenvalue weighted by Crippen LogP contribution is 2.21. The standard InChI is InChI=1S/C15H16N2O2S/c1-9-8-13(11(3)20-9)10(2)16-17-15(19)12-6-4-5-7-14(12)18/h4-8,18H,1-3H3,(H,17,19)/b16-10-. The minimum absolute atomic E-state index is 0.0552. The molecule has 0 radical (unpaired) electrons.